The smallest absolute Gasteiger partial charge is 0.418 e. The van der Waals surface area contributed by atoms with Gasteiger partial charge in [-0.05, 0) is 12.5 Å². The number of imidazole rings is 1. The molecule has 0 aromatic carbocycles. The maximum atomic E-state index is 11.5. The number of nitrogens with zero attached hydrogens (tertiary/aromatic N) is 1. The summed E-state index contributed by atoms with van der Waals surface area (Å²) in [5.41, 5.74) is 0.725. The van der Waals surface area contributed by atoms with E-state index in [0.717, 1.165) is 25.0 Å². The van der Waals surface area contributed by atoms with Gasteiger partial charge in [-0.15, -0.1) is 0 Å². The van der Waals surface area contributed by atoms with E-state index in [2.05, 4.69) is 18.5 Å². The van der Waals surface area contributed by atoms with Gasteiger partial charge in [0, 0.05) is 6.42 Å². The minimum atomic E-state index is -6.00. The van der Waals surface area contributed by atoms with Crippen molar-refractivity contribution in [3.05, 3.63) is 24.8 Å². The minimum Gasteiger partial charge on any atom is -0.418 e. The zero-order valence-electron chi connectivity index (χ0n) is 14.9. The Kier molecular flexibility index (Phi) is 11.5. The molecular weight excluding hydrogens is 375 g/mol. The molecule has 1 aromatic rings. The molecule has 1 atom stereocenters. The molecule has 1 heterocycles. The molecule has 0 saturated carbocycles. The summed E-state index contributed by atoms with van der Waals surface area (Å²) in [4.78, 5) is 2.90. The van der Waals surface area contributed by atoms with Crippen LogP contribution in [-0.2, 0) is 10.1 Å². The first kappa shape index (κ1) is 24.6. The Bertz CT molecular complexity index is 615. The van der Waals surface area contributed by atoms with Crippen LogP contribution in [0.15, 0.2) is 19.1 Å². The van der Waals surface area contributed by atoms with Gasteiger partial charge in [0.2, 0.25) is 11.7 Å². The first-order chi connectivity index (χ1) is 12.0. The third-order valence-corrected chi connectivity index (χ3v) is 4.79. The molecule has 1 aromatic heterocycles. The number of hydrogen-bond acceptors (Lipinski definition) is 2. The lowest BCUT2D eigenvalue weighted by Gasteiger charge is -2.10. The molecule has 11 heteroatoms. The summed E-state index contributed by atoms with van der Waals surface area (Å²) in [6.45, 7) is 5.80. The van der Waals surface area contributed by atoms with Crippen LogP contribution in [0.4, 0.5) is 17.3 Å². The van der Waals surface area contributed by atoms with Gasteiger partial charge in [-0.25, -0.2) is 9.55 Å². The first-order valence-electron chi connectivity index (χ1n) is 8.54. The highest BCUT2D eigenvalue weighted by molar-refractivity contribution is 7.85. The van der Waals surface area contributed by atoms with Crippen LogP contribution in [0.5, 0.6) is 0 Å². The molecule has 1 unspecified atom stereocenters. The van der Waals surface area contributed by atoms with Gasteiger partial charge in [-0.3, -0.25) is 4.55 Å². The third-order valence-electron chi connectivity index (χ3n) is 3.62. The summed E-state index contributed by atoms with van der Waals surface area (Å²) >= 11 is 0. The van der Waals surface area contributed by atoms with Crippen LogP contribution in [0.1, 0.15) is 69.4 Å². The third kappa shape index (κ3) is 12.9. The van der Waals surface area contributed by atoms with E-state index in [-0.39, 0.29) is 0 Å². The normalized spacial score (nSPS) is 13.0. The zero-order valence-corrected chi connectivity index (χ0v) is 15.7. The van der Waals surface area contributed by atoms with Crippen molar-refractivity contribution in [3.63, 3.8) is 0 Å². The van der Waals surface area contributed by atoms with E-state index in [1.807, 2.05) is 0 Å². The molecule has 0 amide bonds. The highest BCUT2D eigenvalue weighted by Gasteiger charge is 2.29. The predicted octanol–water partition coefficient (Wildman–Crippen LogP) is 4.77. The van der Waals surface area contributed by atoms with Crippen molar-refractivity contribution in [1.29, 1.82) is 0 Å². The molecule has 0 saturated heterocycles. The largest absolute Gasteiger partial charge is 0.673 e. The Labute approximate surface area is 152 Å². The van der Waals surface area contributed by atoms with Gasteiger partial charge in [0.15, 0.2) is 5.69 Å². The number of hydrogen-bond donors (Lipinski definition) is 2. The molecule has 5 nitrogen and oxygen atoms in total. The highest BCUT2D eigenvalue weighted by Crippen LogP contribution is 2.17. The molecule has 1 rings (SSSR count). The Morgan fingerprint density at radius 1 is 1.19 bits per heavy atom. The SMILES string of the molecule is C=Cc1c[n+](C(CCCCCCCCC)S(=O)(=O)O)c[nH]1.F[B-](F)(F)F. The Morgan fingerprint density at radius 3 is 2.12 bits per heavy atom. The van der Waals surface area contributed by atoms with E-state index in [1.165, 1.54) is 30.3 Å². The molecule has 0 aliphatic heterocycles. The van der Waals surface area contributed by atoms with Crippen molar-refractivity contribution in [2.75, 3.05) is 0 Å². The first-order valence-corrected chi connectivity index (χ1v) is 10.0. The van der Waals surface area contributed by atoms with E-state index in [4.69, 9.17) is 0 Å². The van der Waals surface area contributed by atoms with E-state index in [1.54, 1.807) is 18.6 Å². The number of H-pyrrole nitrogens is 1. The number of halogens is 4. The molecule has 26 heavy (non-hydrogen) atoms. The lowest BCUT2D eigenvalue weighted by Crippen LogP contribution is -2.42. The molecule has 0 radical (unpaired) electrons. The molecule has 0 bridgehead atoms. The monoisotopic (exact) mass is 402 g/mol. The van der Waals surface area contributed by atoms with Gasteiger partial charge in [-0.2, -0.15) is 8.42 Å². The Morgan fingerprint density at radius 2 is 1.69 bits per heavy atom. The lowest BCUT2D eigenvalue weighted by atomic mass is 10.1. The lowest BCUT2D eigenvalue weighted by molar-refractivity contribution is -0.701. The van der Waals surface area contributed by atoms with Crippen LogP contribution in [-0.4, -0.2) is 25.2 Å². The minimum absolute atomic E-state index is 0.422. The summed E-state index contributed by atoms with van der Waals surface area (Å²) < 4.78 is 73.0. The fraction of sp³-hybridized carbons (Fsp3) is 0.667. The summed E-state index contributed by atoms with van der Waals surface area (Å²) in [7, 11) is -10.1. The topological polar surface area (TPSA) is 74.0 Å². The fourth-order valence-electron chi connectivity index (χ4n) is 2.39. The van der Waals surface area contributed by atoms with Crippen LogP contribution in [0.3, 0.4) is 0 Å². The van der Waals surface area contributed by atoms with E-state index in [9.17, 15) is 30.2 Å². The van der Waals surface area contributed by atoms with Gasteiger partial charge in [0.05, 0.1) is 0 Å². The van der Waals surface area contributed by atoms with Gasteiger partial charge < -0.3 is 17.3 Å². The number of aromatic nitrogens is 2. The molecule has 152 valence electrons. The van der Waals surface area contributed by atoms with Crippen molar-refractivity contribution in [3.8, 4) is 0 Å². The van der Waals surface area contributed by atoms with Crippen LogP contribution in [0, 0.1) is 0 Å². The fourth-order valence-corrected chi connectivity index (χ4v) is 3.28. The van der Waals surface area contributed by atoms with Crippen molar-refractivity contribution in [2.24, 2.45) is 0 Å². The summed E-state index contributed by atoms with van der Waals surface area (Å²) in [6.07, 6.45) is 13.1. The van der Waals surface area contributed by atoms with Crippen LogP contribution in [0.2, 0.25) is 0 Å². The summed E-state index contributed by atoms with van der Waals surface area (Å²) in [6, 6.07) is 0. The molecule has 0 fully saturated rings. The summed E-state index contributed by atoms with van der Waals surface area (Å²) in [5, 5.41) is -0.918. The molecule has 0 aliphatic carbocycles. The standard InChI is InChI=1S/C15H26N2O3S.BF4/c1-3-5-6-7-8-9-10-11-15(21(18,19)20)17-12-14(4-2)16-13-17;2-1(3,4)5/h4,12-13,15H,2-3,5-11H2,1H3,(H,18,19,20);/q;-1/p+1. The zero-order chi connectivity index (χ0) is 20.2. The van der Waals surface area contributed by atoms with Crippen molar-refractivity contribution >= 4 is 23.4 Å². The second kappa shape index (κ2) is 12.1. The van der Waals surface area contributed by atoms with E-state index < -0.39 is 22.7 Å². The molecule has 0 spiro atoms. The van der Waals surface area contributed by atoms with Crippen molar-refractivity contribution in [2.45, 2.75) is 63.7 Å². The molecule has 0 aliphatic rings. The van der Waals surface area contributed by atoms with Gasteiger partial charge >= 0.3 is 17.4 Å². The molecule has 2 N–H and O–H groups in total. The van der Waals surface area contributed by atoms with E-state index >= 15 is 0 Å². The van der Waals surface area contributed by atoms with Crippen molar-refractivity contribution in [1.82, 2.24) is 4.98 Å². The molecular formula is C15H27BF4N2O3S. The predicted molar refractivity (Wildman–Crippen MR) is 94.5 cm³/mol. The van der Waals surface area contributed by atoms with Gasteiger partial charge in [0.25, 0.3) is 0 Å². The van der Waals surface area contributed by atoms with E-state index in [0.29, 0.717) is 6.42 Å². The second-order valence-corrected chi connectivity index (χ2v) is 7.46. The van der Waals surface area contributed by atoms with Crippen LogP contribution < -0.4 is 4.57 Å². The van der Waals surface area contributed by atoms with Gasteiger partial charge in [0.1, 0.15) is 6.20 Å². The number of aromatic amines is 1. The van der Waals surface area contributed by atoms with Crippen molar-refractivity contribution < 1.29 is 34.8 Å². The Balaban J connectivity index is 0.00000110. The highest BCUT2D eigenvalue weighted by atomic mass is 32.2. The van der Waals surface area contributed by atoms with Crippen LogP contribution in [0.25, 0.3) is 6.08 Å². The second-order valence-electron chi connectivity index (χ2n) is 5.88. The number of rotatable bonds is 11. The quantitative estimate of drug-likeness (QED) is 0.184. The maximum absolute atomic E-state index is 11.5. The summed E-state index contributed by atoms with van der Waals surface area (Å²) in [5.74, 6) is 0. The number of unbranched alkanes of at least 4 members (excludes halogenated alkanes) is 6. The van der Waals surface area contributed by atoms with Crippen LogP contribution >= 0.6 is 0 Å². The average Bonchev–Trinajstić information content (AvgIpc) is 2.95. The number of nitrogens with one attached hydrogen (secondary N) is 1. The Hall–Kier alpha value is -1.36. The van der Waals surface area contributed by atoms with Gasteiger partial charge in [-0.1, -0.05) is 52.0 Å². The average molecular weight is 402 g/mol. The maximum Gasteiger partial charge on any atom is 0.673 e.